The van der Waals surface area contributed by atoms with Crippen molar-refractivity contribution in [1.29, 1.82) is 0 Å². The molecule has 0 aliphatic carbocycles. The average molecular weight is 286 g/mol. The fourth-order valence-electron chi connectivity index (χ4n) is 2.70. The van der Waals surface area contributed by atoms with Gasteiger partial charge in [0.2, 0.25) is 0 Å². The van der Waals surface area contributed by atoms with E-state index in [9.17, 15) is 0 Å². The Kier molecular flexibility index (Phi) is 3.68. The molecule has 0 amide bonds. The van der Waals surface area contributed by atoms with Gasteiger partial charge in [-0.1, -0.05) is 12.1 Å². The maximum Gasteiger partial charge on any atom is 0.487 e. The van der Waals surface area contributed by atoms with Gasteiger partial charge in [-0.25, -0.2) is 0 Å². The summed E-state index contributed by atoms with van der Waals surface area (Å²) in [5.41, 5.74) is 3.10. The Bertz CT molecular complexity index is 553. The van der Waals surface area contributed by atoms with Crippen LogP contribution in [0.25, 0.3) is 6.08 Å². The number of hydrogen-bond donors (Lipinski definition) is 1. The second kappa shape index (κ2) is 5.23. The molecule has 3 rings (SSSR count). The molecule has 1 N–H and O–H groups in total. The van der Waals surface area contributed by atoms with E-state index in [0.29, 0.717) is 0 Å². The topological polar surface area (TPSA) is 43.4 Å². The molecule has 0 spiro atoms. The normalized spacial score (nSPS) is 23.5. The van der Waals surface area contributed by atoms with Crippen molar-refractivity contribution >= 4 is 13.2 Å². The lowest BCUT2D eigenvalue weighted by Crippen LogP contribution is -2.41. The smallest absolute Gasteiger partial charge is 0.400 e. The van der Waals surface area contributed by atoms with Gasteiger partial charge in [0, 0.05) is 31.4 Å². The third-order valence-electron chi connectivity index (χ3n) is 4.73. The van der Waals surface area contributed by atoms with Crippen LogP contribution in [0.2, 0.25) is 0 Å². The summed E-state index contributed by atoms with van der Waals surface area (Å²) in [6, 6.07) is 2.05. The Balaban J connectivity index is 1.79. The van der Waals surface area contributed by atoms with E-state index >= 15 is 0 Å². The van der Waals surface area contributed by atoms with Crippen molar-refractivity contribution in [3.63, 3.8) is 0 Å². The Morgan fingerprint density at radius 1 is 1.24 bits per heavy atom. The van der Waals surface area contributed by atoms with E-state index in [0.717, 1.165) is 19.5 Å². The Morgan fingerprint density at radius 2 is 1.95 bits per heavy atom. The summed E-state index contributed by atoms with van der Waals surface area (Å²) in [6.07, 6.45) is 4.97. The summed E-state index contributed by atoms with van der Waals surface area (Å²) in [7, 11) is -0.296. The van der Waals surface area contributed by atoms with Crippen LogP contribution in [0.5, 0.6) is 0 Å². The zero-order chi connectivity index (χ0) is 15.1. The lowest BCUT2D eigenvalue weighted by molar-refractivity contribution is 0.00578. The molecule has 0 atom stereocenters. The molecule has 0 radical (unpaired) electrons. The van der Waals surface area contributed by atoms with Gasteiger partial charge in [0.1, 0.15) is 0 Å². The molecule has 2 aliphatic rings. The van der Waals surface area contributed by atoms with Gasteiger partial charge in [-0.15, -0.1) is 0 Å². The van der Waals surface area contributed by atoms with Crippen LogP contribution < -0.4 is 5.32 Å². The van der Waals surface area contributed by atoms with Crippen molar-refractivity contribution < 1.29 is 9.31 Å². The molecule has 1 aromatic rings. The van der Waals surface area contributed by atoms with Crippen LogP contribution in [-0.2, 0) is 22.3 Å². The number of nitrogens with zero attached hydrogens (tertiary/aromatic N) is 1. The first-order valence-electron chi connectivity index (χ1n) is 7.60. The van der Waals surface area contributed by atoms with Gasteiger partial charge >= 0.3 is 7.12 Å². The maximum absolute atomic E-state index is 5.99. The molecular weight excluding hydrogens is 263 g/mol. The van der Waals surface area contributed by atoms with Crippen LogP contribution in [0, 0.1) is 0 Å². The molecule has 5 heteroatoms. The molecular formula is C16H23BN2O2. The minimum absolute atomic E-state index is 0.290. The van der Waals surface area contributed by atoms with Gasteiger partial charge in [-0.3, -0.25) is 4.98 Å². The molecule has 0 bridgehead atoms. The zero-order valence-electron chi connectivity index (χ0n) is 13.3. The number of pyridine rings is 1. The molecule has 0 aromatic carbocycles. The minimum atomic E-state index is -0.296. The number of rotatable bonds is 2. The average Bonchev–Trinajstić information content (AvgIpc) is 2.64. The van der Waals surface area contributed by atoms with E-state index in [4.69, 9.17) is 9.31 Å². The predicted molar refractivity (Wildman–Crippen MR) is 84.8 cm³/mol. The Morgan fingerprint density at radius 3 is 2.67 bits per heavy atom. The van der Waals surface area contributed by atoms with Gasteiger partial charge in [0.05, 0.1) is 11.2 Å². The van der Waals surface area contributed by atoms with Crippen LogP contribution in [0.3, 0.4) is 0 Å². The lowest BCUT2D eigenvalue weighted by atomic mass is 9.88. The van der Waals surface area contributed by atoms with Crippen LogP contribution in [0.1, 0.15) is 44.5 Å². The highest BCUT2D eigenvalue weighted by atomic mass is 16.7. The number of hydrogen-bond acceptors (Lipinski definition) is 4. The molecule has 0 saturated carbocycles. The number of nitrogens with one attached hydrogen (secondary N) is 1. The largest absolute Gasteiger partial charge is 0.487 e. The van der Waals surface area contributed by atoms with Crippen molar-refractivity contribution in [2.24, 2.45) is 0 Å². The third kappa shape index (κ3) is 2.78. The Labute approximate surface area is 127 Å². The van der Waals surface area contributed by atoms with Gasteiger partial charge in [0.15, 0.2) is 0 Å². The van der Waals surface area contributed by atoms with Crippen LogP contribution >= 0.6 is 0 Å². The molecule has 0 unspecified atom stereocenters. The van der Waals surface area contributed by atoms with E-state index in [1.807, 2.05) is 18.2 Å². The SMILES string of the molecule is CC1(C)OB(/C=C/c2ccnc3c2CNCC3)OC1(C)C. The quantitative estimate of drug-likeness (QED) is 0.848. The van der Waals surface area contributed by atoms with Crippen molar-refractivity contribution in [2.75, 3.05) is 6.54 Å². The second-order valence-corrected chi connectivity index (χ2v) is 6.74. The summed E-state index contributed by atoms with van der Waals surface area (Å²) in [6.45, 7) is 10.2. The molecule has 1 aromatic heterocycles. The first kappa shape index (κ1) is 14.8. The second-order valence-electron chi connectivity index (χ2n) is 6.74. The lowest BCUT2D eigenvalue weighted by Gasteiger charge is -2.32. The standard InChI is InChI=1S/C16H23BN2O2/c1-15(2)16(3,4)21-17(20-15)8-5-12-6-10-19-14-7-9-18-11-13(12)14/h5-6,8,10,18H,7,9,11H2,1-4H3/b8-5+. The van der Waals surface area contributed by atoms with Crippen molar-refractivity contribution in [3.05, 3.63) is 35.1 Å². The van der Waals surface area contributed by atoms with Crippen LogP contribution in [0.15, 0.2) is 18.2 Å². The number of fused-ring (bicyclic) bond motifs is 1. The maximum atomic E-state index is 5.99. The van der Waals surface area contributed by atoms with E-state index in [1.165, 1.54) is 16.8 Å². The molecule has 21 heavy (non-hydrogen) atoms. The molecule has 3 heterocycles. The Hall–Kier alpha value is -1.17. The van der Waals surface area contributed by atoms with E-state index < -0.39 is 0 Å². The van der Waals surface area contributed by atoms with Gasteiger partial charge < -0.3 is 14.6 Å². The van der Waals surface area contributed by atoms with Crippen molar-refractivity contribution in [3.8, 4) is 0 Å². The molecule has 1 saturated heterocycles. The first-order valence-corrected chi connectivity index (χ1v) is 7.60. The van der Waals surface area contributed by atoms with E-state index in [1.54, 1.807) is 0 Å². The molecule has 112 valence electrons. The van der Waals surface area contributed by atoms with E-state index in [-0.39, 0.29) is 18.3 Å². The van der Waals surface area contributed by atoms with Gasteiger partial charge in [0.25, 0.3) is 0 Å². The number of aromatic nitrogens is 1. The molecule has 4 nitrogen and oxygen atoms in total. The van der Waals surface area contributed by atoms with Gasteiger partial charge in [-0.2, -0.15) is 0 Å². The fourth-order valence-corrected chi connectivity index (χ4v) is 2.70. The summed E-state index contributed by atoms with van der Waals surface area (Å²) >= 11 is 0. The predicted octanol–water partition coefficient (Wildman–Crippen LogP) is 2.37. The van der Waals surface area contributed by atoms with Crippen molar-refractivity contribution in [2.45, 2.75) is 51.9 Å². The summed E-state index contributed by atoms with van der Waals surface area (Å²) in [4.78, 5) is 4.47. The summed E-state index contributed by atoms with van der Waals surface area (Å²) in [5.74, 6) is 2.00. The van der Waals surface area contributed by atoms with Crippen LogP contribution in [0.4, 0.5) is 0 Å². The molecule has 1 fully saturated rings. The first-order chi connectivity index (χ1) is 9.89. The van der Waals surface area contributed by atoms with Crippen molar-refractivity contribution in [1.82, 2.24) is 10.3 Å². The summed E-state index contributed by atoms with van der Waals surface area (Å²) in [5, 5.41) is 3.40. The minimum Gasteiger partial charge on any atom is -0.400 e. The fraction of sp³-hybridized carbons (Fsp3) is 0.562. The summed E-state index contributed by atoms with van der Waals surface area (Å²) < 4.78 is 12.0. The third-order valence-corrected chi connectivity index (χ3v) is 4.73. The highest BCUT2D eigenvalue weighted by molar-refractivity contribution is 6.52. The monoisotopic (exact) mass is 286 g/mol. The highest BCUT2D eigenvalue weighted by Crippen LogP contribution is 2.37. The highest BCUT2D eigenvalue weighted by Gasteiger charge is 2.50. The zero-order valence-corrected chi connectivity index (χ0v) is 13.3. The van der Waals surface area contributed by atoms with E-state index in [2.05, 4.69) is 44.1 Å². The van der Waals surface area contributed by atoms with Crippen LogP contribution in [-0.4, -0.2) is 29.8 Å². The van der Waals surface area contributed by atoms with Gasteiger partial charge in [-0.05, 0) is 44.9 Å². The molecule has 2 aliphatic heterocycles.